The van der Waals surface area contributed by atoms with Crippen LogP contribution in [0.5, 0.6) is 5.75 Å². The van der Waals surface area contributed by atoms with Crippen molar-refractivity contribution >= 4 is 11.6 Å². The van der Waals surface area contributed by atoms with Crippen LogP contribution < -0.4 is 15.7 Å². The predicted octanol–water partition coefficient (Wildman–Crippen LogP) is 5.64. The lowest BCUT2D eigenvalue weighted by molar-refractivity contribution is -0.189. The minimum atomic E-state index is -5.11. The average Bonchev–Trinajstić information content (AvgIpc) is 3.52. The summed E-state index contributed by atoms with van der Waals surface area (Å²) in [5.74, 6) is -4.94. The first kappa shape index (κ1) is 27.6. The molecule has 1 amide bonds. The first-order valence-corrected chi connectivity index (χ1v) is 12.0. The van der Waals surface area contributed by atoms with Gasteiger partial charge in [0.15, 0.2) is 6.10 Å². The number of aromatic nitrogens is 3. The van der Waals surface area contributed by atoms with Crippen molar-refractivity contribution in [2.24, 2.45) is 5.41 Å². The zero-order valence-corrected chi connectivity index (χ0v) is 20.6. The molecule has 214 valence electrons. The SMILES string of the molecule is C[C@H](Oc1cc(-n2nc3n(c2=O)CCC2(CC2)C3)c(F)cc1C(=O)Nc1c(F)cccc1C(F)(F)F)C(F)(F)F. The van der Waals surface area contributed by atoms with Crippen LogP contribution in [0.1, 0.15) is 47.9 Å². The Morgan fingerprint density at radius 3 is 2.40 bits per heavy atom. The number of hydrogen-bond donors (Lipinski definition) is 1. The van der Waals surface area contributed by atoms with Crippen molar-refractivity contribution < 1.29 is 44.7 Å². The van der Waals surface area contributed by atoms with Gasteiger partial charge in [-0.25, -0.2) is 13.6 Å². The number of nitrogens with one attached hydrogen (secondary N) is 1. The van der Waals surface area contributed by atoms with Gasteiger partial charge in [-0.15, -0.1) is 5.10 Å². The van der Waals surface area contributed by atoms with E-state index in [4.69, 9.17) is 4.74 Å². The molecule has 1 N–H and O–H groups in total. The third-order valence-corrected chi connectivity index (χ3v) is 7.14. The Kier molecular flexibility index (Phi) is 6.45. The van der Waals surface area contributed by atoms with Gasteiger partial charge < -0.3 is 10.1 Å². The number of para-hydroxylation sites is 1. The molecular formula is C25H20F8N4O3. The molecule has 1 atom stereocenters. The van der Waals surface area contributed by atoms with Crippen LogP contribution in [0.15, 0.2) is 35.1 Å². The summed E-state index contributed by atoms with van der Waals surface area (Å²) in [6.07, 6.45) is -9.57. The van der Waals surface area contributed by atoms with Crippen LogP contribution in [0.25, 0.3) is 5.69 Å². The van der Waals surface area contributed by atoms with E-state index in [-0.39, 0.29) is 5.41 Å². The van der Waals surface area contributed by atoms with Gasteiger partial charge in [-0.3, -0.25) is 9.36 Å². The first-order chi connectivity index (χ1) is 18.6. The van der Waals surface area contributed by atoms with Crippen molar-refractivity contribution in [2.45, 2.75) is 57.6 Å². The van der Waals surface area contributed by atoms with Crippen LogP contribution in [-0.4, -0.2) is 32.5 Å². The quantitative estimate of drug-likeness (QED) is 0.399. The second kappa shape index (κ2) is 9.34. The molecular weight excluding hydrogens is 556 g/mol. The maximum atomic E-state index is 15.3. The van der Waals surface area contributed by atoms with Crippen molar-refractivity contribution in [3.63, 3.8) is 0 Å². The van der Waals surface area contributed by atoms with E-state index in [1.807, 2.05) is 0 Å². The van der Waals surface area contributed by atoms with Crippen molar-refractivity contribution in [3.8, 4) is 11.4 Å². The predicted molar refractivity (Wildman–Crippen MR) is 123 cm³/mol. The molecule has 3 aromatic rings. The number of alkyl halides is 6. The number of nitrogens with zero attached hydrogens (tertiary/aromatic N) is 3. The van der Waals surface area contributed by atoms with Gasteiger partial charge in [0.25, 0.3) is 5.91 Å². The minimum absolute atomic E-state index is 0.0184. The standard InChI is InChI=1S/C25H20F8N4O3/c1-12(24(28,29)30)40-18-10-17(37-22(39)36-8-7-23(5-6-23)11-19(36)35-37)16(27)9-13(18)21(38)34-20-14(25(31,32)33)3-2-4-15(20)26/h2-4,9-10,12H,5-8,11H2,1H3,(H,34,38)/t12-/m0/s1. The molecule has 1 aliphatic carbocycles. The van der Waals surface area contributed by atoms with E-state index in [0.29, 0.717) is 61.1 Å². The van der Waals surface area contributed by atoms with Gasteiger partial charge in [-0.05, 0) is 49.8 Å². The molecule has 1 saturated carbocycles. The molecule has 0 radical (unpaired) electrons. The Balaban J connectivity index is 1.58. The van der Waals surface area contributed by atoms with E-state index in [9.17, 15) is 40.3 Å². The first-order valence-electron chi connectivity index (χ1n) is 12.0. The third kappa shape index (κ3) is 5.04. The molecule has 0 bridgehead atoms. The molecule has 15 heteroatoms. The monoisotopic (exact) mass is 576 g/mol. The largest absolute Gasteiger partial charge is 0.480 e. The minimum Gasteiger partial charge on any atom is -0.480 e. The highest BCUT2D eigenvalue weighted by Gasteiger charge is 2.46. The zero-order valence-electron chi connectivity index (χ0n) is 20.6. The summed E-state index contributed by atoms with van der Waals surface area (Å²) in [5, 5.41) is 5.81. The molecule has 1 spiro atoms. The van der Waals surface area contributed by atoms with Crippen LogP contribution in [0, 0.1) is 17.0 Å². The van der Waals surface area contributed by atoms with Crippen molar-refractivity contribution in [2.75, 3.05) is 5.32 Å². The lowest BCUT2D eigenvalue weighted by atomic mass is 9.95. The topological polar surface area (TPSA) is 78.2 Å². The Morgan fingerprint density at radius 1 is 1.07 bits per heavy atom. The lowest BCUT2D eigenvalue weighted by Gasteiger charge is -2.21. The van der Waals surface area contributed by atoms with Crippen molar-refractivity contribution in [3.05, 3.63) is 69.4 Å². The van der Waals surface area contributed by atoms with Crippen LogP contribution in [-0.2, 0) is 19.1 Å². The summed E-state index contributed by atoms with van der Waals surface area (Å²) < 4.78 is 117. The highest BCUT2D eigenvalue weighted by Crippen LogP contribution is 2.53. The molecule has 2 aliphatic rings. The summed E-state index contributed by atoms with van der Waals surface area (Å²) in [7, 11) is 0. The van der Waals surface area contributed by atoms with Gasteiger partial charge in [-0.2, -0.15) is 31.0 Å². The fourth-order valence-corrected chi connectivity index (χ4v) is 4.63. The number of rotatable bonds is 5. The number of anilines is 1. The molecule has 1 fully saturated rings. The number of amides is 1. The lowest BCUT2D eigenvalue weighted by Crippen LogP contribution is -2.32. The fourth-order valence-electron chi connectivity index (χ4n) is 4.63. The highest BCUT2D eigenvalue weighted by molar-refractivity contribution is 6.07. The van der Waals surface area contributed by atoms with E-state index >= 15 is 4.39 Å². The summed E-state index contributed by atoms with van der Waals surface area (Å²) in [5.41, 5.74) is -5.25. The second-order valence-electron chi connectivity index (χ2n) is 9.90. The Hall–Kier alpha value is -3.91. The molecule has 1 aromatic heterocycles. The molecule has 40 heavy (non-hydrogen) atoms. The number of halogens is 8. The fraction of sp³-hybridized carbons (Fsp3) is 0.400. The Labute approximate surface area is 220 Å². The van der Waals surface area contributed by atoms with Crippen LogP contribution >= 0.6 is 0 Å². The van der Waals surface area contributed by atoms with Gasteiger partial charge in [0, 0.05) is 19.0 Å². The van der Waals surface area contributed by atoms with E-state index < -0.39 is 69.9 Å². The Morgan fingerprint density at radius 2 is 1.77 bits per heavy atom. The normalized spacial score (nSPS) is 16.9. The second-order valence-corrected chi connectivity index (χ2v) is 9.90. The van der Waals surface area contributed by atoms with Gasteiger partial charge in [0.2, 0.25) is 0 Å². The van der Waals surface area contributed by atoms with Crippen LogP contribution in [0.3, 0.4) is 0 Å². The molecule has 0 unspecified atom stereocenters. The van der Waals surface area contributed by atoms with E-state index in [0.717, 1.165) is 18.9 Å². The number of hydrogen-bond acceptors (Lipinski definition) is 4. The zero-order chi connectivity index (χ0) is 29.2. The smallest absolute Gasteiger partial charge is 0.425 e. The molecule has 2 aromatic carbocycles. The van der Waals surface area contributed by atoms with E-state index in [1.54, 1.807) is 5.32 Å². The molecule has 5 rings (SSSR count). The number of carbonyl (C=O) groups is 1. The molecule has 0 saturated heterocycles. The maximum absolute atomic E-state index is 15.3. The van der Waals surface area contributed by atoms with Crippen molar-refractivity contribution in [1.29, 1.82) is 0 Å². The van der Waals surface area contributed by atoms with Gasteiger partial charge in [-0.1, -0.05) is 6.07 Å². The summed E-state index contributed by atoms with van der Waals surface area (Å²) in [6, 6.07) is 2.87. The van der Waals surface area contributed by atoms with Gasteiger partial charge in [0.05, 0.1) is 16.8 Å². The maximum Gasteiger partial charge on any atom is 0.425 e. The highest BCUT2D eigenvalue weighted by atomic mass is 19.4. The van der Waals surface area contributed by atoms with E-state index in [1.165, 1.54) is 4.57 Å². The third-order valence-electron chi connectivity index (χ3n) is 7.14. The summed E-state index contributed by atoms with van der Waals surface area (Å²) in [4.78, 5) is 25.9. The summed E-state index contributed by atoms with van der Waals surface area (Å²) >= 11 is 0. The van der Waals surface area contributed by atoms with Gasteiger partial charge in [0.1, 0.15) is 28.9 Å². The average molecular weight is 576 g/mol. The molecule has 1 aliphatic heterocycles. The van der Waals surface area contributed by atoms with Crippen LogP contribution in [0.4, 0.5) is 40.8 Å². The number of ether oxygens (including phenoxy) is 1. The molecule has 7 nitrogen and oxygen atoms in total. The number of carbonyl (C=O) groups excluding carboxylic acids is 1. The summed E-state index contributed by atoms with van der Waals surface area (Å²) in [6.45, 7) is 0.898. The van der Waals surface area contributed by atoms with E-state index in [2.05, 4.69) is 5.10 Å². The van der Waals surface area contributed by atoms with Gasteiger partial charge >= 0.3 is 18.0 Å². The number of benzene rings is 2. The van der Waals surface area contributed by atoms with Crippen LogP contribution in [0.2, 0.25) is 0 Å². The number of fused-ring (bicyclic) bond motifs is 1. The molecule has 2 heterocycles. The van der Waals surface area contributed by atoms with Crippen molar-refractivity contribution in [1.82, 2.24) is 14.3 Å². The Bertz CT molecular complexity index is 1550.